The largest absolute Gasteiger partial charge is 0.439 e. The first-order chi connectivity index (χ1) is 11.7. The van der Waals surface area contributed by atoms with Crippen molar-refractivity contribution in [2.24, 2.45) is 0 Å². The molecule has 1 aromatic heterocycles. The topological polar surface area (TPSA) is 87.0 Å². The van der Waals surface area contributed by atoms with Gasteiger partial charge in [0, 0.05) is 30.4 Å². The van der Waals surface area contributed by atoms with E-state index in [1.54, 1.807) is 36.4 Å². The molecular formula is C18H18N4O2. The van der Waals surface area contributed by atoms with E-state index in [0.717, 1.165) is 19.4 Å². The average molecular weight is 322 g/mol. The summed E-state index contributed by atoms with van der Waals surface area (Å²) >= 11 is 0. The summed E-state index contributed by atoms with van der Waals surface area (Å²) in [6, 6.07) is 12.5. The number of nitrogens with one attached hydrogen (secondary N) is 2. The Bertz CT molecular complexity index is 729. The van der Waals surface area contributed by atoms with Gasteiger partial charge in [0.1, 0.15) is 11.8 Å². The monoisotopic (exact) mass is 322 g/mol. The molecule has 0 aliphatic carbocycles. The number of rotatable bonds is 5. The lowest BCUT2D eigenvalue weighted by Crippen LogP contribution is -2.37. The van der Waals surface area contributed by atoms with Gasteiger partial charge in [0.05, 0.1) is 5.56 Å². The molecule has 1 aromatic carbocycles. The number of pyridine rings is 1. The van der Waals surface area contributed by atoms with Crippen LogP contribution in [0.5, 0.6) is 11.6 Å². The Kier molecular flexibility index (Phi) is 5.04. The van der Waals surface area contributed by atoms with E-state index in [1.807, 2.05) is 6.07 Å². The highest BCUT2D eigenvalue weighted by atomic mass is 16.5. The minimum atomic E-state index is -0.0910. The first-order valence-electron chi connectivity index (χ1n) is 7.90. The molecule has 0 bridgehead atoms. The van der Waals surface area contributed by atoms with Crippen molar-refractivity contribution in [3.05, 3.63) is 53.7 Å². The van der Waals surface area contributed by atoms with Crippen LogP contribution >= 0.6 is 0 Å². The summed E-state index contributed by atoms with van der Waals surface area (Å²) in [6.45, 7) is 1.67. The number of carbonyl (C=O) groups is 1. The summed E-state index contributed by atoms with van der Waals surface area (Å²) < 4.78 is 5.59. The normalized spacial score (nSPS) is 16.4. The van der Waals surface area contributed by atoms with Gasteiger partial charge in [-0.05, 0) is 49.7 Å². The third-order valence-electron chi connectivity index (χ3n) is 3.88. The summed E-state index contributed by atoms with van der Waals surface area (Å²) in [4.78, 5) is 16.2. The van der Waals surface area contributed by atoms with Crippen LogP contribution < -0.4 is 15.4 Å². The standard InChI is InChI=1S/C18H18N4O2/c19-10-13-3-8-17(21-11-13)24-16-6-4-14(5-7-16)18(23)22-12-15-2-1-9-20-15/h3-8,11,15,20H,1-2,9,12H2,(H,22,23)/t15-/m0/s1. The molecule has 0 saturated carbocycles. The number of nitriles is 1. The van der Waals surface area contributed by atoms with E-state index < -0.39 is 0 Å². The number of ether oxygens (including phenoxy) is 1. The van der Waals surface area contributed by atoms with Crippen LogP contribution in [0, 0.1) is 11.3 Å². The zero-order valence-electron chi connectivity index (χ0n) is 13.2. The van der Waals surface area contributed by atoms with Crippen LogP contribution in [0.4, 0.5) is 0 Å². The molecule has 1 aliphatic rings. The smallest absolute Gasteiger partial charge is 0.251 e. The second-order valence-electron chi connectivity index (χ2n) is 5.63. The minimum Gasteiger partial charge on any atom is -0.439 e. The summed E-state index contributed by atoms with van der Waals surface area (Å²) in [5.41, 5.74) is 1.07. The molecule has 122 valence electrons. The highest BCUT2D eigenvalue weighted by Gasteiger charge is 2.15. The lowest BCUT2D eigenvalue weighted by Gasteiger charge is -2.11. The molecule has 2 N–H and O–H groups in total. The van der Waals surface area contributed by atoms with Crippen LogP contribution in [0.3, 0.4) is 0 Å². The van der Waals surface area contributed by atoms with Crippen molar-refractivity contribution >= 4 is 5.91 Å². The van der Waals surface area contributed by atoms with Gasteiger partial charge in [0.2, 0.25) is 5.88 Å². The molecule has 0 spiro atoms. The molecule has 0 unspecified atom stereocenters. The Hall–Kier alpha value is -2.91. The van der Waals surface area contributed by atoms with Gasteiger partial charge in [-0.25, -0.2) is 4.98 Å². The summed E-state index contributed by atoms with van der Waals surface area (Å²) in [7, 11) is 0. The van der Waals surface area contributed by atoms with Crippen molar-refractivity contribution in [3.63, 3.8) is 0 Å². The molecule has 6 nitrogen and oxygen atoms in total. The molecule has 1 amide bonds. The van der Waals surface area contributed by atoms with E-state index in [-0.39, 0.29) is 5.91 Å². The zero-order chi connectivity index (χ0) is 16.8. The van der Waals surface area contributed by atoms with Gasteiger partial charge in [-0.1, -0.05) is 0 Å². The zero-order valence-corrected chi connectivity index (χ0v) is 13.2. The van der Waals surface area contributed by atoms with Gasteiger partial charge in [-0.3, -0.25) is 4.79 Å². The lowest BCUT2D eigenvalue weighted by molar-refractivity contribution is 0.0950. The first kappa shape index (κ1) is 16.0. The Balaban J connectivity index is 1.55. The second kappa shape index (κ2) is 7.57. The Morgan fingerprint density at radius 2 is 2.17 bits per heavy atom. The molecule has 3 rings (SSSR count). The number of hydrogen-bond acceptors (Lipinski definition) is 5. The van der Waals surface area contributed by atoms with Gasteiger partial charge in [-0.15, -0.1) is 0 Å². The van der Waals surface area contributed by atoms with E-state index in [1.165, 1.54) is 6.20 Å². The highest BCUT2D eigenvalue weighted by Crippen LogP contribution is 2.19. The van der Waals surface area contributed by atoms with Crippen molar-refractivity contribution in [1.29, 1.82) is 5.26 Å². The molecule has 24 heavy (non-hydrogen) atoms. The molecule has 1 aliphatic heterocycles. The third kappa shape index (κ3) is 4.09. The van der Waals surface area contributed by atoms with Crippen molar-refractivity contribution in [2.45, 2.75) is 18.9 Å². The molecule has 0 radical (unpaired) electrons. The predicted molar refractivity (Wildman–Crippen MR) is 88.8 cm³/mol. The number of carbonyl (C=O) groups excluding carboxylic acids is 1. The van der Waals surface area contributed by atoms with Crippen molar-refractivity contribution in [1.82, 2.24) is 15.6 Å². The summed E-state index contributed by atoms with van der Waals surface area (Å²) in [6.07, 6.45) is 3.72. The Morgan fingerprint density at radius 3 is 2.79 bits per heavy atom. The first-order valence-corrected chi connectivity index (χ1v) is 7.90. The van der Waals surface area contributed by atoms with E-state index >= 15 is 0 Å². The van der Waals surface area contributed by atoms with Crippen LogP contribution in [-0.2, 0) is 0 Å². The molecule has 2 heterocycles. The van der Waals surface area contributed by atoms with Gasteiger partial charge < -0.3 is 15.4 Å². The third-order valence-corrected chi connectivity index (χ3v) is 3.88. The van der Waals surface area contributed by atoms with Gasteiger partial charge >= 0.3 is 0 Å². The van der Waals surface area contributed by atoms with E-state index in [9.17, 15) is 4.79 Å². The average Bonchev–Trinajstić information content (AvgIpc) is 3.14. The second-order valence-corrected chi connectivity index (χ2v) is 5.63. The fraction of sp³-hybridized carbons (Fsp3) is 0.278. The van der Waals surface area contributed by atoms with Gasteiger partial charge in [0.25, 0.3) is 5.91 Å². The lowest BCUT2D eigenvalue weighted by atomic mass is 10.2. The maximum Gasteiger partial charge on any atom is 0.251 e. The minimum absolute atomic E-state index is 0.0910. The number of nitrogens with zero attached hydrogens (tertiary/aromatic N) is 2. The van der Waals surface area contributed by atoms with Crippen molar-refractivity contribution in [3.8, 4) is 17.7 Å². The SMILES string of the molecule is N#Cc1ccc(Oc2ccc(C(=O)NC[C@@H]3CCCN3)cc2)nc1. The van der Waals surface area contributed by atoms with Crippen LogP contribution in [0.15, 0.2) is 42.6 Å². The summed E-state index contributed by atoms with van der Waals surface area (Å²) in [5, 5.41) is 15.0. The highest BCUT2D eigenvalue weighted by molar-refractivity contribution is 5.94. The quantitative estimate of drug-likeness (QED) is 0.881. The Labute approximate surface area is 140 Å². The van der Waals surface area contributed by atoms with Crippen molar-refractivity contribution < 1.29 is 9.53 Å². The van der Waals surface area contributed by atoms with Crippen molar-refractivity contribution in [2.75, 3.05) is 13.1 Å². The molecule has 2 aromatic rings. The van der Waals surface area contributed by atoms with E-state index in [4.69, 9.17) is 10.00 Å². The Morgan fingerprint density at radius 1 is 1.33 bits per heavy atom. The number of amides is 1. The van der Waals surface area contributed by atoms with Crippen LogP contribution in [-0.4, -0.2) is 30.0 Å². The molecule has 1 saturated heterocycles. The van der Waals surface area contributed by atoms with Gasteiger partial charge in [0.15, 0.2) is 0 Å². The van der Waals surface area contributed by atoms with Gasteiger partial charge in [-0.2, -0.15) is 5.26 Å². The van der Waals surface area contributed by atoms with Crippen LogP contribution in [0.1, 0.15) is 28.8 Å². The van der Waals surface area contributed by atoms with E-state index in [0.29, 0.717) is 35.3 Å². The fourth-order valence-corrected chi connectivity index (χ4v) is 2.55. The maximum atomic E-state index is 12.1. The predicted octanol–water partition coefficient (Wildman–Crippen LogP) is 2.23. The molecule has 1 fully saturated rings. The number of hydrogen-bond donors (Lipinski definition) is 2. The van der Waals surface area contributed by atoms with Crippen LogP contribution in [0.2, 0.25) is 0 Å². The molecule has 1 atom stereocenters. The molecule has 6 heteroatoms. The maximum absolute atomic E-state index is 12.1. The summed E-state index contributed by atoms with van der Waals surface area (Å²) in [5.74, 6) is 0.895. The van der Waals surface area contributed by atoms with Crippen LogP contribution in [0.25, 0.3) is 0 Å². The molecular weight excluding hydrogens is 304 g/mol. The number of aromatic nitrogens is 1. The number of benzene rings is 1. The fourth-order valence-electron chi connectivity index (χ4n) is 2.55. The van der Waals surface area contributed by atoms with E-state index in [2.05, 4.69) is 15.6 Å².